The Bertz CT molecular complexity index is 1190. The van der Waals surface area contributed by atoms with Crippen LogP contribution in [-0.4, -0.2) is 22.4 Å². The number of hydrogen-bond donors (Lipinski definition) is 1. The molecule has 3 aromatic rings. The molecular weight excluding hydrogens is 426 g/mol. The van der Waals surface area contributed by atoms with Crippen molar-refractivity contribution in [3.8, 4) is 0 Å². The monoisotopic (exact) mass is 447 g/mol. The van der Waals surface area contributed by atoms with Gasteiger partial charge in [-0.2, -0.15) is 0 Å². The first kappa shape index (κ1) is 21.3. The third-order valence-electron chi connectivity index (χ3n) is 4.90. The van der Waals surface area contributed by atoms with Gasteiger partial charge in [0, 0.05) is 17.1 Å². The standard InChI is InChI=1S/C25H22ClN3OS/c1-16-7-12-20(17(2)13-16)28-24(30)15-31-25-14-23(18-8-10-19(26)11-9-18)27-21-5-3-4-6-22(21)29-25/h3-13H,14-15H2,1-2H3,(H,28,30). The molecule has 0 saturated carbocycles. The molecule has 1 aliphatic heterocycles. The Balaban J connectivity index is 1.52. The molecular formula is C25H22ClN3OS. The van der Waals surface area contributed by atoms with Crippen molar-refractivity contribution in [3.05, 3.63) is 88.4 Å². The predicted molar refractivity (Wildman–Crippen MR) is 133 cm³/mol. The van der Waals surface area contributed by atoms with E-state index < -0.39 is 0 Å². The topological polar surface area (TPSA) is 53.8 Å². The van der Waals surface area contributed by atoms with Gasteiger partial charge in [0.05, 0.1) is 27.9 Å². The number of nitrogens with one attached hydrogen (secondary N) is 1. The van der Waals surface area contributed by atoms with Crippen LogP contribution in [0, 0.1) is 13.8 Å². The molecule has 0 saturated heterocycles. The quantitative estimate of drug-likeness (QED) is 0.473. The highest BCUT2D eigenvalue weighted by atomic mass is 35.5. The summed E-state index contributed by atoms with van der Waals surface area (Å²) in [6.45, 7) is 4.03. The first-order valence-electron chi connectivity index (χ1n) is 9.98. The number of carbonyl (C=O) groups is 1. The summed E-state index contributed by atoms with van der Waals surface area (Å²) in [7, 11) is 0. The lowest BCUT2D eigenvalue weighted by Gasteiger charge is -2.10. The molecule has 0 bridgehead atoms. The highest BCUT2D eigenvalue weighted by Crippen LogP contribution is 2.33. The number of anilines is 1. The summed E-state index contributed by atoms with van der Waals surface area (Å²) < 4.78 is 0. The predicted octanol–water partition coefficient (Wildman–Crippen LogP) is 6.88. The van der Waals surface area contributed by atoms with Crippen molar-refractivity contribution in [2.24, 2.45) is 9.98 Å². The van der Waals surface area contributed by atoms with Gasteiger partial charge in [-0.15, -0.1) is 11.8 Å². The van der Waals surface area contributed by atoms with Crippen LogP contribution in [0.3, 0.4) is 0 Å². The Labute approximate surface area is 191 Å². The number of benzene rings is 3. The third-order valence-corrected chi connectivity index (χ3v) is 6.13. The third kappa shape index (κ3) is 5.43. The Morgan fingerprint density at radius 2 is 1.71 bits per heavy atom. The van der Waals surface area contributed by atoms with Gasteiger partial charge in [0.1, 0.15) is 0 Å². The van der Waals surface area contributed by atoms with E-state index >= 15 is 0 Å². The minimum atomic E-state index is -0.0535. The number of para-hydroxylation sites is 2. The molecule has 1 amide bonds. The summed E-state index contributed by atoms with van der Waals surface area (Å²) in [5.41, 5.74) is 6.60. The number of rotatable bonds is 4. The van der Waals surface area contributed by atoms with Gasteiger partial charge in [0.25, 0.3) is 0 Å². The molecule has 4 nitrogen and oxygen atoms in total. The molecule has 31 heavy (non-hydrogen) atoms. The number of carbonyl (C=O) groups excluding carboxylic acids is 1. The molecule has 3 aromatic carbocycles. The number of amides is 1. The van der Waals surface area contributed by atoms with Crippen molar-refractivity contribution in [1.82, 2.24) is 0 Å². The molecule has 156 valence electrons. The molecule has 0 aromatic heterocycles. The van der Waals surface area contributed by atoms with Crippen molar-refractivity contribution in [2.75, 3.05) is 11.1 Å². The molecule has 4 rings (SSSR count). The summed E-state index contributed by atoms with van der Waals surface area (Å²) in [5.74, 6) is 0.226. The number of fused-ring (bicyclic) bond motifs is 1. The Morgan fingerprint density at radius 1 is 1.00 bits per heavy atom. The van der Waals surface area contributed by atoms with Gasteiger partial charge < -0.3 is 5.32 Å². The molecule has 0 fully saturated rings. The molecule has 1 N–H and O–H groups in total. The smallest absolute Gasteiger partial charge is 0.234 e. The van der Waals surface area contributed by atoms with Crippen LogP contribution in [0.5, 0.6) is 0 Å². The van der Waals surface area contributed by atoms with Crippen LogP contribution in [0.2, 0.25) is 5.02 Å². The van der Waals surface area contributed by atoms with E-state index in [-0.39, 0.29) is 11.7 Å². The largest absolute Gasteiger partial charge is 0.325 e. The first-order chi connectivity index (χ1) is 15.0. The number of aliphatic imine (C=N–C) groups is 2. The second kappa shape index (κ2) is 9.50. The average molecular weight is 448 g/mol. The number of hydrogen-bond acceptors (Lipinski definition) is 4. The fourth-order valence-corrected chi connectivity index (χ4v) is 4.23. The van der Waals surface area contributed by atoms with Crippen molar-refractivity contribution in [1.29, 1.82) is 0 Å². The first-order valence-corrected chi connectivity index (χ1v) is 11.3. The summed E-state index contributed by atoms with van der Waals surface area (Å²) in [6, 6.07) is 21.4. The van der Waals surface area contributed by atoms with E-state index in [9.17, 15) is 4.79 Å². The van der Waals surface area contributed by atoms with E-state index in [1.165, 1.54) is 17.3 Å². The Hall–Kier alpha value is -2.89. The van der Waals surface area contributed by atoms with Crippen molar-refractivity contribution in [3.63, 3.8) is 0 Å². The van der Waals surface area contributed by atoms with Crippen LogP contribution in [0.25, 0.3) is 0 Å². The lowest BCUT2D eigenvalue weighted by atomic mass is 10.1. The van der Waals surface area contributed by atoms with Crippen molar-refractivity contribution < 1.29 is 4.79 Å². The highest BCUT2D eigenvalue weighted by Gasteiger charge is 2.17. The molecule has 0 radical (unpaired) electrons. The SMILES string of the molecule is Cc1ccc(NC(=O)CSC2=Nc3ccccc3N=C(c3ccc(Cl)cc3)C2)c(C)c1. The van der Waals surface area contributed by atoms with Crippen LogP contribution in [0.1, 0.15) is 23.1 Å². The number of aryl methyl sites for hydroxylation is 2. The van der Waals surface area contributed by atoms with Gasteiger partial charge in [0.15, 0.2) is 0 Å². The zero-order valence-corrected chi connectivity index (χ0v) is 18.9. The zero-order chi connectivity index (χ0) is 21.8. The number of nitrogens with zero attached hydrogens (tertiary/aromatic N) is 2. The minimum Gasteiger partial charge on any atom is -0.325 e. The highest BCUT2D eigenvalue weighted by molar-refractivity contribution is 8.14. The number of thioether (sulfide) groups is 1. The van der Waals surface area contributed by atoms with Crippen LogP contribution in [0.15, 0.2) is 76.7 Å². The fourth-order valence-electron chi connectivity index (χ4n) is 3.34. The summed E-state index contributed by atoms with van der Waals surface area (Å²) >= 11 is 7.49. The van der Waals surface area contributed by atoms with E-state index in [0.29, 0.717) is 11.4 Å². The van der Waals surface area contributed by atoms with Crippen LogP contribution >= 0.6 is 23.4 Å². The van der Waals surface area contributed by atoms with Gasteiger partial charge in [-0.05, 0) is 55.3 Å². The molecule has 0 unspecified atom stereocenters. The Morgan fingerprint density at radius 3 is 2.42 bits per heavy atom. The molecule has 1 heterocycles. The second-order valence-electron chi connectivity index (χ2n) is 7.39. The average Bonchev–Trinajstić information content (AvgIpc) is 2.94. The zero-order valence-electron chi connectivity index (χ0n) is 17.4. The molecule has 0 aliphatic carbocycles. The van der Waals surface area contributed by atoms with E-state index in [1.807, 2.05) is 74.5 Å². The van der Waals surface area contributed by atoms with Crippen molar-refractivity contribution >= 4 is 57.1 Å². The van der Waals surface area contributed by atoms with Crippen molar-refractivity contribution in [2.45, 2.75) is 20.3 Å². The maximum Gasteiger partial charge on any atom is 0.234 e. The van der Waals surface area contributed by atoms with Crippen LogP contribution in [0.4, 0.5) is 17.1 Å². The summed E-state index contributed by atoms with van der Waals surface area (Å²) in [4.78, 5) is 22.2. The second-order valence-corrected chi connectivity index (χ2v) is 8.88. The normalized spacial score (nSPS) is 13.0. The van der Waals surface area contributed by atoms with Gasteiger partial charge in [-0.1, -0.05) is 53.6 Å². The van der Waals surface area contributed by atoms with Gasteiger partial charge in [0.2, 0.25) is 5.91 Å². The summed E-state index contributed by atoms with van der Waals surface area (Å²) in [6.07, 6.45) is 0.553. The van der Waals surface area contributed by atoms with Crippen LogP contribution < -0.4 is 5.32 Å². The number of halogens is 1. The Kier molecular flexibility index (Phi) is 6.54. The van der Waals surface area contributed by atoms with Gasteiger partial charge in [-0.3, -0.25) is 9.79 Å². The molecule has 1 aliphatic rings. The van der Waals surface area contributed by atoms with Crippen LogP contribution in [-0.2, 0) is 4.79 Å². The lowest BCUT2D eigenvalue weighted by molar-refractivity contribution is -0.113. The van der Waals surface area contributed by atoms with Gasteiger partial charge >= 0.3 is 0 Å². The maximum atomic E-state index is 12.6. The van der Waals surface area contributed by atoms with E-state index in [0.717, 1.165) is 38.9 Å². The van der Waals surface area contributed by atoms with Gasteiger partial charge in [-0.25, -0.2) is 4.99 Å². The van der Waals surface area contributed by atoms with E-state index in [4.69, 9.17) is 21.6 Å². The maximum absolute atomic E-state index is 12.6. The fraction of sp³-hybridized carbons (Fsp3) is 0.160. The molecule has 0 spiro atoms. The molecule has 0 atom stereocenters. The van der Waals surface area contributed by atoms with E-state index in [1.54, 1.807) is 0 Å². The minimum absolute atomic E-state index is 0.0535. The molecule has 6 heteroatoms. The summed E-state index contributed by atoms with van der Waals surface area (Å²) in [5, 5.41) is 4.54. The van der Waals surface area contributed by atoms with E-state index in [2.05, 4.69) is 11.4 Å². The lowest BCUT2D eigenvalue weighted by Crippen LogP contribution is -2.17.